The van der Waals surface area contributed by atoms with Gasteiger partial charge in [0.1, 0.15) is 6.67 Å². The molecule has 0 radical (unpaired) electrons. The van der Waals surface area contributed by atoms with Gasteiger partial charge in [-0.05, 0) is 32.7 Å². The van der Waals surface area contributed by atoms with E-state index in [4.69, 9.17) is 0 Å². The summed E-state index contributed by atoms with van der Waals surface area (Å²) in [6.45, 7) is 0.151. The minimum Gasteiger partial charge on any atom is -0.872 e. The van der Waals surface area contributed by atoms with Crippen LogP contribution in [0, 0.1) is 0 Å². The number of rotatable bonds is 4. The van der Waals surface area contributed by atoms with Crippen LogP contribution in [0.5, 0.6) is 11.5 Å². The third-order valence-corrected chi connectivity index (χ3v) is 4.44. The van der Waals surface area contributed by atoms with E-state index in [2.05, 4.69) is 9.98 Å². The Bertz CT molecular complexity index is 1100. The van der Waals surface area contributed by atoms with E-state index in [0.717, 1.165) is 10.8 Å². The minimum atomic E-state index is -0.0443. The summed E-state index contributed by atoms with van der Waals surface area (Å²) in [5.41, 5.74) is 1.05. The summed E-state index contributed by atoms with van der Waals surface area (Å²) in [7, 11) is 0. The first kappa shape index (κ1) is 35.0. The topological polar surface area (TPSA) is 70.8 Å². The molecule has 0 bridgehead atoms. The van der Waals surface area contributed by atoms with Crippen LogP contribution in [0.1, 0.15) is 40.8 Å². The van der Waals surface area contributed by atoms with Crippen LogP contribution < -0.4 is 10.2 Å². The molecule has 33 heavy (non-hydrogen) atoms. The van der Waals surface area contributed by atoms with Gasteiger partial charge < -0.3 is 10.2 Å². The second-order valence-corrected chi connectivity index (χ2v) is 6.17. The van der Waals surface area contributed by atoms with E-state index >= 15 is 0 Å². The molecule has 0 spiro atoms. The van der Waals surface area contributed by atoms with Gasteiger partial charge in [0, 0.05) is 12.4 Å². The number of hydrogen-bond donors (Lipinski definition) is 0. The molecule has 0 heterocycles. The van der Waals surface area contributed by atoms with Crippen molar-refractivity contribution >= 4 is 68.7 Å². The summed E-state index contributed by atoms with van der Waals surface area (Å²) < 4.78 is 0. The first-order chi connectivity index (χ1) is 13.2. The van der Waals surface area contributed by atoms with Crippen LogP contribution in [0.3, 0.4) is 0 Å². The molecule has 0 saturated carbocycles. The van der Waals surface area contributed by atoms with Crippen molar-refractivity contribution < 1.29 is 10.2 Å². The smallest absolute Gasteiger partial charge is 0.872 e. The van der Waals surface area contributed by atoms with Gasteiger partial charge in [0.25, 0.3) is 0 Å². The molecule has 0 aliphatic heterocycles. The van der Waals surface area contributed by atoms with E-state index in [1.165, 1.54) is 12.4 Å². The molecule has 4 rings (SSSR count). The number of fused-ring (bicyclic) bond motifs is 2. The normalized spacial score (nSPS) is 9.70. The summed E-state index contributed by atoms with van der Waals surface area (Å²) >= 11 is 0. The zero-order valence-corrected chi connectivity index (χ0v) is 18.0. The quantitative estimate of drug-likeness (QED) is 0.295. The minimum absolute atomic E-state index is 0. The van der Waals surface area contributed by atoms with Crippen LogP contribution in [0.25, 0.3) is 21.5 Å². The van der Waals surface area contributed by atoms with Crippen molar-refractivity contribution in [3.05, 3.63) is 83.9 Å². The molecular formula is C27H32Al2N2O2+4. The van der Waals surface area contributed by atoms with Crippen LogP contribution in [0.2, 0.25) is 0 Å². The summed E-state index contributed by atoms with van der Waals surface area (Å²) in [5.74, 6) is -0.0885. The molecular weight excluding hydrogens is 438 g/mol. The fourth-order valence-electron chi connectivity index (χ4n) is 3.05. The molecule has 164 valence electrons. The largest absolute Gasteiger partial charge is 3.00 e. The molecule has 0 atom stereocenters. The summed E-state index contributed by atoms with van der Waals surface area (Å²) in [6, 6.07) is 22.3. The van der Waals surface area contributed by atoms with Crippen molar-refractivity contribution in [2.45, 2.75) is 29.7 Å². The molecule has 0 N–H and O–H groups in total. The number of benzene rings is 4. The summed E-state index contributed by atoms with van der Waals surface area (Å²) in [4.78, 5) is 8.38. The maximum atomic E-state index is 12.4. The maximum Gasteiger partial charge on any atom is 3.00 e. The molecule has 4 aromatic carbocycles. The van der Waals surface area contributed by atoms with Crippen molar-refractivity contribution in [1.82, 2.24) is 0 Å². The summed E-state index contributed by atoms with van der Waals surface area (Å²) in [5, 5.41) is 28.0. The Balaban J connectivity index is -0.00000150. The molecule has 0 unspecified atom stereocenters. The fourth-order valence-corrected chi connectivity index (χ4v) is 3.05. The Labute approximate surface area is 220 Å². The molecule has 0 aliphatic rings. The second kappa shape index (κ2) is 16.1. The third kappa shape index (κ3) is 7.74. The van der Waals surface area contributed by atoms with Gasteiger partial charge in [-0.25, -0.2) is 0 Å². The molecule has 0 fully saturated rings. The number of hydrogen-bond acceptors (Lipinski definition) is 4. The molecule has 0 amide bonds. The first-order valence-corrected chi connectivity index (χ1v) is 8.61. The standard InChI is InChI=1S/C23H18N2O2.4CH4.2Al/c26-22-18(11-9-16-5-1-3-7-20(16)22)13-24-15-25-14-19-12-10-17-6-2-4-8-21(17)23(19)27;;;;;;/h1-14,26-27H,15H2;4*1H4;;/q;;;;;2*+3/p-2. The van der Waals surface area contributed by atoms with Gasteiger partial charge >= 0.3 is 34.7 Å². The van der Waals surface area contributed by atoms with E-state index in [1.54, 1.807) is 12.1 Å². The van der Waals surface area contributed by atoms with Gasteiger partial charge in [-0.2, -0.15) is 0 Å². The van der Waals surface area contributed by atoms with Gasteiger partial charge in [0.05, 0.1) is 0 Å². The van der Waals surface area contributed by atoms with E-state index in [1.807, 2.05) is 60.7 Å². The van der Waals surface area contributed by atoms with Gasteiger partial charge in [0.15, 0.2) is 0 Å². The Morgan fingerprint density at radius 3 is 1.30 bits per heavy atom. The molecule has 4 aromatic rings. The monoisotopic (exact) mass is 470 g/mol. The third-order valence-electron chi connectivity index (χ3n) is 4.44. The zero-order chi connectivity index (χ0) is 18.6. The predicted octanol–water partition coefficient (Wildman–Crippen LogP) is 5.42. The van der Waals surface area contributed by atoms with Crippen molar-refractivity contribution in [1.29, 1.82) is 0 Å². The average Bonchev–Trinajstić information content (AvgIpc) is 2.71. The van der Waals surface area contributed by atoms with Gasteiger partial charge in [-0.15, -0.1) is 0 Å². The van der Waals surface area contributed by atoms with Gasteiger partial charge in [0.2, 0.25) is 0 Å². The first-order valence-electron chi connectivity index (χ1n) is 8.61. The summed E-state index contributed by atoms with van der Waals surface area (Å²) in [6.07, 6.45) is 3.06. The Morgan fingerprint density at radius 1 is 0.545 bits per heavy atom. The maximum absolute atomic E-state index is 12.4. The van der Waals surface area contributed by atoms with Crippen LogP contribution >= 0.6 is 0 Å². The zero-order valence-electron chi connectivity index (χ0n) is 15.7. The SMILES string of the molecule is C.C.C.C.[Al+3].[Al+3].[O-]c1c(C=NCN=Cc2ccc3ccccc3c2[O-])ccc2ccccc12. The Hall–Kier alpha value is -2.60. The van der Waals surface area contributed by atoms with E-state index in [9.17, 15) is 10.2 Å². The van der Waals surface area contributed by atoms with Gasteiger partial charge in [-0.1, -0.05) is 114 Å². The number of aliphatic imine (C=N–C) groups is 2. The molecule has 4 nitrogen and oxygen atoms in total. The van der Waals surface area contributed by atoms with E-state index in [0.29, 0.717) is 21.9 Å². The van der Waals surface area contributed by atoms with Crippen LogP contribution in [-0.4, -0.2) is 53.8 Å². The van der Waals surface area contributed by atoms with E-state index in [-0.39, 0.29) is 82.6 Å². The Morgan fingerprint density at radius 2 is 0.909 bits per heavy atom. The number of nitrogens with zero attached hydrogens (tertiary/aromatic N) is 2. The van der Waals surface area contributed by atoms with Crippen molar-refractivity contribution in [3.63, 3.8) is 0 Å². The molecule has 0 aromatic heterocycles. The van der Waals surface area contributed by atoms with Gasteiger partial charge in [-0.3, -0.25) is 9.98 Å². The van der Waals surface area contributed by atoms with Crippen molar-refractivity contribution in [3.8, 4) is 11.5 Å². The van der Waals surface area contributed by atoms with Crippen LogP contribution in [0.4, 0.5) is 0 Å². The van der Waals surface area contributed by atoms with Crippen LogP contribution in [-0.2, 0) is 0 Å². The fraction of sp³-hybridized carbons (Fsp3) is 0.185. The molecule has 6 heteroatoms. The molecule has 0 saturated heterocycles. The van der Waals surface area contributed by atoms with Crippen LogP contribution in [0.15, 0.2) is 82.8 Å². The average molecular weight is 471 g/mol. The predicted molar refractivity (Wildman–Crippen MR) is 145 cm³/mol. The van der Waals surface area contributed by atoms with E-state index < -0.39 is 0 Å². The van der Waals surface area contributed by atoms with Crippen molar-refractivity contribution in [2.75, 3.05) is 6.67 Å². The Kier molecular flexibility index (Phi) is 17.1. The second-order valence-electron chi connectivity index (χ2n) is 6.17. The molecule has 0 aliphatic carbocycles. The van der Waals surface area contributed by atoms with Crippen molar-refractivity contribution in [2.24, 2.45) is 9.98 Å².